The predicted octanol–water partition coefficient (Wildman–Crippen LogP) is 14.1. The Labute approximate surface area is 308 Å². The van der Waals surface area contributed by atoms with E-state index in [1.165, 1.54) is 55.6 Å². The maximum Gasteiger partial charge on any atom is 0.0676 e. The molecule has 0 amide bonds. The lowest BCUT2D eigenvalue weighted by molar-refractivity contribution is 0.693. The molecule has 0 radical (unpaired) electrons. The summed E-state index contributed by atoms with van der Waals surface area (Å²) in [5.74, 6) is 0. The van der Waals surface area contributed by atoms with Crippen LogP contribution in [0, 0.1) is 0 Å². The Morgan fingerprint density at radius 3 is 1.50 bits per heavy atom. The van der Waals surface area contributed by atoms with Gasteiger partial charge >= 0.3 is 0 Å². The van der Waals surface area contributed by atoms with E-state index in [2.05, 4.69) is 205 Å². The average molecular weight is 670 g/mol. The molecule has 0 saturated heterocycles. The molecule has 1 nitrogen and oxygen atoms in total. The van der Waals surface area contributed by atoms with Crippen LogP contribution in [0.5, 0.6) is 0 Å². The molecule has 2 aliphatic rings. The lowest BCUT2D eigenvalue weighted by Crippen LogP contribution is -2.30. The zero-order chi connectivity index (χ0) is 35.3. The third-order valence-electron chi connectivity index (χ3n) is 10.4. The number of hydrogen-bond acceptors (Lipinski definition) is 1. The predicted molar refractivity (Wildman–Crippen MR) is 222 cm³/mol. The summed E-state index contributed by atoms with van der Waals surface area (Å²) >= 11 is 0. The molecule has 0 unspecified atom stereocenters. The second-order valence-electron chi connectivity index (χ2n) is 13.2. The quantitative estimate of drug-likeness (QED) is 0.163. The van der Waals surface area contributed by atoms with Crippen LogP contribution in [0.4, 0.5) is 17.1 Å². The molecule has 252 valence electrons. The molecular formula is C51H43N. The Morgan fingerprint density at radius 2 is 0.923 bits per heavy atom. The number of allylic oxidation sites excluding steroid dienone is 4. The molecule has 0 N–H and O–H groups in total. The number of benzene rings is 7. The van der Waals surface area contributed by atoms with E-state index in [4.69, 9.17) is 0 Å². The van der Waals surface area contributed by atoms with E-state index in [1.807, 2.05) is 13.8 Å². The van der Waals surface area contributed by atoms with Gasteiger partial charge in [0, 0.05) is 17.1 Å². The average Bonchev–Trinajstić information content (AvgIpc) is 3.54. The van der Waals surface area contributed by atoms with E-state index < -0.39 is 0 Å². The summed E-state index contributed by atoms with van der Waals surface area (Å²) < 4.78 is 0. The minimum atomic E-state index is -0.329. The van der Waals surface area contributed by atoms with Crippen molar-refractivity contribution < 1.29 is 0 Å². The van der Waals surface area contributed by atoms with Crippen LogP contribution in [0.15, 0.2) is 206 Å². The minimum absolute atomic E-state index is 0.329. The fourth-order valence-electron chi connectivity index (χ4n) is 8.19. The van der Waals surface area contributed by atoms with Gasteiger partial charge in [0.05, 0.1) is 5.41 Å². The third-order valence-corrected chi connectivity index (χ3v) is 10.4. The monoisotopic (exact) mass is 669 g/mol. The van der Waals surface area contributed by atoms with Gasteiger partial charge in [-0.2, -0.15) is 0 Å². The van der Waals surface area contributed by atoms with Crippen LogP contribution in [0.1, 0.15) is 43.4 Å². The summed E-state index contributed by atoms with van der Waals surface area (Å²) in [6.45, 7) is 4.00. The van der Waals surface area contributed by atoms with E-state index in [0.717, 1.165) is 29.9 Å². The Kier molecular flexibility index (Phi) is 9.25. The van der Waals surface area contributed by atoms with Crippen molar-refractivity contribution in [3.8, 4) is 33.4 Å². The van der Waals surface area contributed by atoms with E-state index >= 15 is 0 Å². The second kappa shape index (κ2) is 14.6. The van der Waals surface area contributed by atoms with Crippen molar-refractivity contribution >= 4 is 17.1 Å². The maximum absolute atomic E-state index is 2.43. The van der Waals surface area contributed by atoms with Gasteiger partial charge in [0.1, 0.15) is 0 Å². The summed E-state index contributed by atoms with van der Waals surface area (Å²) in [5.41, 5.74) is 16.1. The number of fused-ring (bicyclic) bond motifs is 3. The molecule has 0 atom stereocenters. The van der Waals surface area contributed by atoms with Crippen LogP contribution in [0.25, 0.3) is 33.4 Å². The van der Waals surface area contributed by atoms with E-state index in [-0.39, 0.29) is 5.41 Å². The van der Waals surface area contributed by atoms with Gasteiger partial charge in [-0.25, -0.2) is 0 Å². The van der Waals surface area contributed by atoms with Crippen molar-refractivity contribution in [3.05, 3.63) is 222 Å². The Hall–Kier alpha value is -6.18. The first-order chi connectivity index (χ1) is 25.8. The molecule has 0 fully saturated rings. The molecule has 7 aromatic carbocycles. The molecule has 0 heterocycles. The number of para-hydroxylation sites is 1. The highest BCUT2D eigenvalue weighted by atomic mass is 15.1. The van der Waals surface area contributed by atoms with Gasteiger partial charge in [-0.15, -0.1) is 0 Å². The van der Waals surface area contributed by atoms with Crippen molar-refractivity contribution in [3.63, 3.8) is 0 Å². The van der Waals surface area contributed by atoms with E-state index in [0.29, 0.717) is 0 Å². The number of hydrogen-bond donors (Lipinski definition) is 0. The molecule has 0 saturated carbocycles. The van der Waals surface area contributed by atoms with Gasteiger partial charge in [0.2, 0.25) is 0 Å². The molecule has 1 heteroatoms. The van der Waals surface area contributed by atoms with E-state index in [9.17, 15) is 0 Å². The van der Waals surface area contributed by atoms with Crippen molar-refractivity contribution in [2.45, 2.75) is 32.1 Å². The van der Waals surface area contributed by atoms with Crippen molar-refractivity contribution in [1.82, 2.24) is 0 Å². The van der Waals surface area contributed by atoms with Gasteiger partial charge in [-0.1, -0.05) is 177 Å². The summed E-state index contributed by atoms with van der Waals surface area (Å²) in [6, 6.07) is 66.4. The molecule has 0 aromatic heterocycles. The van der Waals surface area contributed by atoms with Gasteiger partial charge in [0.25, 0.3) is 0 Å². The Morgan fingerprint density at radius 1 is 0.442 bits per heavy atom. The summed E-state index contributed by atoms with van der Waals surface area (Å²) in [4.78, 5) is 2.33. The minimum Gasteiger partial charge on any atom is -0.311 e. The van der Waals surface area contributed by atoms with Gasteiger partial charge in [-0.3, -0.25) is 0 Å². The maximum atomic E-state index is 2.43. The zero-order valence-corrected chi connectivity index (χ0v) is 29.9. The van der Waals surface area contributed by atoms with Crippen LogP contribution >= 0.6 is 0 Å². The molecule has 0 spiro atoms. The molecule has 9 rings (SSSR count). The fourth-order valence-corrected chi connectivity index (χ4v) is 8.19. The van der Waals surface area contributed by atoms with Crippen LogP contribution in [-0.4, -0.2) is 0 Å². The van der Waals surface area contributed by atoms with Crippen molar-refractivity contribution in [1.29, 1.82) is 0 Å². The largest absolute Gasteiger partial charge is 0.311 e. The summed E-state index contributed by atoms with van der Waals surface area (Å²) in [5, 5.41) is 0. The SMILES string of the molecule is C1=CCCC(C2(c3cccc(-c4ccc(N(c5ccccc5)c5ccc(-c6ccccc6)cc5)cc4)c3)c3ccccc3-c3ccccc32)=C1.CC. The van der Waals surface area contributed by atoms with Crippen LogP contribution in [0.3, 0.4) is 0 Å². The summed E-state index contributed by atoms with van der Waals surface area (Å²) in [6.07, 6.45) is 9.01. The molecule has 2 aliphatic carbocycles. The third kappa shape index (κ3) is 5.79. The molecule has 0 bridgehead atoms. The molecule has 0 aliphatic heterocycles. The number of rotatable bonds is 7. The Bertz CT molecular complexity index is 2300. The first kappa shape index (κ1) is 33.0. The smallest absolute Gasteiger partial charge is 0.0676 e. The lowest BCUT2D eigenvalue weighted by Gasteiger charge is -2.37. The van der Waals surface area contributed by atoms with E-state index in [1.54, 1.807) is 0 Å². The topological polar surface area (TPSA) is 3.24 Å². The van der Waals surface area contributed by atoms with Crippen molar-refractivity contribution in [2.24, 2.45) is 0 Å². The first-order valence-corrected chi connectivity index (χ1v) is 18.6. The molecule has 7 aromatic rings. The summed E-state index contributed by atoms with van der Waals surface area (Å²) in [7, 11) is 0. The van der Waals surface area contributed by atoms with Crippen molar-refractivity contribution in [2.75, 3.05) is 4.90 Å². The second-order valence-corrected chi connectivity index (χ2v) is 13.2. The first-order valence-electron chi connectivity index (χ1n) is 18.6. The highest BCUT2D eigenvalue weighted by Gasteiger charge is 2.46. The van der Waals surface area contributed by atoms with Gasteiger partial charge in [-0.05, 0) is 105 Å². The van der Waals surface area contributed by atoms with Crippen LogP contribution in [-0.2, 0) is 5.41 Å². The normalized spacial score (nSPS) is 13.6. The number of anilines is 3. The van der Waals surface area contributed by atoms with Gasteiger partial charge in [0.15, 0.2) is 0 Å². The highest BCUT2D eigenvalue weighted by molar-refractivity contribution is 5.87. The fraction of sp³-hybridized carbons (Fsp3) is 0.0980. The molecular weight excluding hydrogens is 627 g/mol. The van der Waals surface area contributed by atoms with Crippen LogP contribution < -0.4 is 4.90 Å². The van der Waals surface area contributed by atoms with Crippen LogP contribution in [0.2, 0.25) is 0 Å². The number of nitrogens with zero attached hydrogens (tertiary/aromatic N) is 1. The highest BCUT2D eigenvalue weighted by Crippen LogP contribution is 2.57. The Balaban J connectivity index is 0.00000190. The van der Waals surface area contributed by atoms with Gasteiger partial charge < -0.3 is 4.90 Å². The standard InChI is InChI=1S/C49H37N.C2H6/c1-4-15-36(16-5-1)37-27-31-43(32-28-37)50(42-21-8-3-9-22-42)44-33-29-38(30-34-44)39-17-14-20-41(35-39)49(40-18-6-2-7-19-40)47-25-12-10-23-45(47)46-24-11-13-26-48(46)49;1-2/h1-6,8-18,20-35H,7,19H2;1-2H3. The lowest BCUT2D eigenvalue weighted by atomic mass is 9.65. The molecule has 52 heavy (non-hydrogen) atoms. The zero-order valence-electron chi connectivity index (χ0n) is 29.9.